The zero-order valence-corrected chi connectivity index (χ0v) is 15.2. The molecule has 1 aliphatic rings. The van der Waals surface area contributed by atoms with Crippen molar-refractivity contribution in [2.45, 2.75) is 32.7 Å². The van der Waals surface area contributed by atoms with E-state index >= 15 is 0 Å². The fourth-order valence-corrected chi connectivity index (χ4v) is 3.66. The number of esters is 1. The van der Waals surface area contributed by atoms with Crippen LogP contribution >= 0.6 is 0 Å². The molecule has 1 fully saturated rings. The van der Waals surface area contributed by atoms with Gasteiger partial charge in [0.25, 0.3) is 0 Å². The summed E-state index contributed by atoms with van der Waals surface area (Å²) in [4.78, 5) is 19.1. The molecule has 0 saturated carbocycles. The predicted octanol–water partition coefficient (Wildman–Crippen LogP) is 3.61. The molecule has 0 bridgehead atoms. The Labute approximate surface area is 154 Å². The molecule has 0 spiro atoms. The first-order chi connectivity index (χ1) is 12.6. The van der Waals surface area contributed by atoms with Crippen molar-refractivity contribution in [3.05, 3.63) is 65.7 Å². The van der Waals surface area contributed by atoms with Crippen molar-refractivity contribution in [1.29, 1.82) is 0 Å². The van der Waals surface area contributed by atoms with Crippen LogP contribution in [0.4, 0.5) is 4.39 Å². The molecule has 5 heteroatoms. The molecule has 2 heterocycles. The number of pyridine rings is 1. The van der Waals surface area contributed by atoms with Crippen molar-refractivity contribution in [3.8, 4) is 0 Å². The predicted molar refractivity (Wildman–Crippen MR) is 97.9 cm³/mol. The van der Waals surface area contributed by atoms with Gasteiger partial charge in [-0.25, -0.2) is 4.39 Å². The van der Waals surface area contributed by atoms with Gasteiger partial charge in [0.1, 0.15) is 5.82 Å². The summed E-state index contributed by atoms with van der Waals surface area (Å²) in [6.07, 6.45) is 5.55. The standard InChI is InChI=1S/C21H25FN2O2/c1-2-26-20(25)21(15-18-4-3-5-19(22)14-18)8-12-24(13-9-21)16-17-6-10-23-11-7-17/h3-7,10-11,14H,2,8-9,12-13,15-16H2,1H3. The molecule has 0 radical (unpaired) electrons. The summed E-state index contributed by atoms with van der Waals surface area (Å²) in [7, 11) is 0. The van der Waals surface area contributed by atoms with E-state index in [1.165, 1.54) is 17.7 Å². The third-order valence-electron chi connectivity index (χ3n) is 5.11. The summed E-state index contributed by atoms with van der Waals surface area (Å²) in [6.45, 7) is 4.67. The molecule has 1 aromatic carbocycles. The number of ether oxygens (including phenoxy) is 1. The quantitative estimate of drug-likeness (QED) is 0.742. The summed E-state index contributed by atoms with van der Waals surface area (Å²) < 4.78 is 19.0. The molecular formula is C21H25FN2O2. The number of benzene rings is 1. The van der Waals surface area contributed by atoms with E-state index in [9.17, 15) is 9.18 Å². The first-order valence-electron chi connectivity index (χ1n) is 9.14. The van der Waals surface area contributed by atoms with Crippen molar-refractivity contribution >= 4 is 5.97 Å². The van der Waals surface area contributed by atoms with Crippen molar-refractivity contribution in [2.75, 3.05) is 19.7 Å². The molecule has 1 aliphatic heterocycles. The molecule has 3 rings (SSSR count). The van der Waals surface area contributed by atoms with Crippen molar-refractivity contribution in [2.24, 2.45) is 5.41 Å². The molecule has 2 aromatic rings. The van der Waals surface area contributed by atoms with Crippen LogP contribution in [0.15, 0.2) is 48.8 Å². The van der Waals surface area contributed by atoms with Gasteiger partial charge in [0.15, 0.2) is 0 Å². The normalized spacial score (nSPS) is 17.0. The number of hydrogen-bond donors (Lipinski definition) is 0. The highest BCUT2D eigenvalue weighted by Crippen LogP contribution is 2.37. The van der Waals surface area contributed by atoms with E-state index < -0.39 is 5.41 Å². The van der Waals surface area contributed by atoms with Gasteiger partial charge in [0, 0.05) is 18.9 Å². The average molecular weight is 356 g/mol. The van der Waals surface area contributed by atoms with Gasteiger partial charge in [0.2, 0.25) is 0 Å². The van der Waals surface area contributed by atoms with Crippen LogP contribution in [0.1, 0.15) is 30.9 Å². The molecule has 26 heavy (non-hydrogen) atoms. The molecule has 1 saturated heterocycles. The van der Waals surface area contributed by atoms with Crippen LogP contribution in [0.3, 0.4) is 0 Å². The number of rotatable bonds is 6. The van der Waals surface area contributed by atoms with E-state index in [-0.39, 0.29) is 11.8 Å². The molecule has 138 valence electrons. The van der Waals surface area contributed by atoms with Crippen LogP contribution in [0.25, 0.3) is 0 Å². The Morgan fingerprint density at radius 3 is 2.58 bits per heavy atom. The van der Waals surface area contributed by atoms with Gasteiger partial charge in [-0.15, -0.1) is 0 Å². The highest BCUT2D eigenvalue weighted by atomic mass is 19.1. The molecule has 0 atom stereocenters. The molecule has 0 N–H and O–H groups in total. The molecule has 0 unspecified atom stereocenters. The minimum Gasteiger partial charge on any atom is -0.466 e. The Kier molecular flexibility index (Phi) is 5.99. The second kappa shape index (κ2) is 8.41. The maximum Gasteiger partial charge on any atom is 0.312 e. The Bertz CT molecular complexity index is 728. The minimum atomic E-state index is -0.571. The van der Waals surface area contributed by atoms with Gasteiger partial charge in [-0.3, -0.25) is 14.7 Å². The second-order valence-electron chi connectivity index (χ2n) is 6.94. The summed E-state index contributed by atoms with van der Waals surface area (Å²) in [5, 5.41) is 0. The highest BCUT2D eigenvalue weighted by Gasteiger charge is 2.42. The van der Waals surface area contributed by atoms with Gasteiger partial charge in [0.05, 0.1) is 12.0 Å². The smallest absolute Gasteiger partial charge is 0.312 e. The number of carbonyl (C=O) groups is 1. The van der Waals surface area contributed by atoms with Crippen LogP contribution in [0, 0.1) is 11.2 Å². The average Bonchev–Trinajstić information content (AvgIpc) is 2.64. The van der Waals surface area contributed by atoms with Gasteiger partial charge in [-0.05, 0) is 74.7 Å². The summed E-state index contributed by atoms with van der Waals surface area (Å²) in [5.74, 6) is -0.426. The Morgan fingerprint density at radius 2 is 1.92 bits per heavy atom. The fourth-order valence-electron chi connectivity index (χ4n) is 3.66. The lowest BCUT2D eigenvalue weighted by Gasteiger charge is -2.40. The highest BCUT2D eigenvalue weighted by molar-refractivity contribution is 5.77. The van der Waals surface area contributed by atoms with Crippen LogP contribution < -0.4 is 0 Å². The summed E-state index contributed by atoms with van der Waals surface area (Å²) in [5.41, 5.74) is 1.49. The molecule has 4 nitrogen and oxygen atoms in total. The SMILES string of the molecule is CCOC(=O)C1(Cc2cccc(F)c2)CCN(Cc2ccncc2)CC1. The number of likely N-dealkylation sites (tertiary alicyclic amines) is 1. The summed E-state index contributed by atoms with van der Waals surface area (Å²) >= 11 is 0. The fraction of sp³-hybridized carbons (Fsp3) is 0.429. The van der Waals surface area contributed by atoms with Crippen molar-refractivity contribution in [3.63, 3.8) is 0 Å². The number of carbonyl (C=O) groups excluding carboxylic acids is 1. The van der Waals surface area contributed by atoms with Crippen molar-refractivity contribution < 1.29 is 13.9 Å². The topological polar surface area (TPSA) is 42.4 Å². The van der Waals surface area contributed by atoms with E-state index in [2.05, 4.69) is 9.88 Å². The minimum absolute atomic E-state index is 0.159. The number of aromatic nitrogens is 1. The monoisotopic (exact) mass is 356 g/mol. The van der Waals surface area contributed by atoms with E-state index in [4.69, 9.17) is 4.74 Å². The number of nitrogens with zero attached hydrogens (tertiary/aromatic N) is 2. The largest absolute Gasteiger partial charge is 0.466 e. The Morgan fingerprint density at radius 1 is 1.19 bits per heavy atom. The third-order valence-corrected chi connectivity index (χ3v) is 5.11. The Hall–Kier alpha value is -2.27. The van der Waals surface area contributed by atoms with Crippen LogP contribution in [-0.2, 0) is 22.5 Å². The van der Waals surface area contributed by atoms with Gasteiger partial charge in [-0.1, -0.05) is 12.1 Å². The van der Waals surface area contributed by atoms with E-state index in [0.717, 1.165) is 25.2 Å². The molecular weight excluding hydrogens is 331 g/mol. The van der Waals surface area contributed by atoms with Gasteiger partial charge < -0.3 is 4.74 Å². The zero-order valence-electron chi connectivity index (χ0n) is 15.2. The lowest BCUT2D eigenvalue weighted by Crippen LogP contribution is -2.46. The molecule has 1 aromatic heterocycles. The maximum atomic E-state index is 13.6. The van der Waals surface area contributed by atoms with Crippen LogP contribution in [0.5, 0.6) is 0 Å². The van der Waals surface area contributed by atoms with Crippen LogP contribution in [-0.4, -0.2) is 35.5 Å². The van der Waals surface area contributed by atoms with Crippen LogP contribution in [0.2, 0.25) is 0 Å². The zero-order chi connectivity index (χ0) is 18.4. The molecule has 0 amide bonds. The van der Waals surface area contributed by atoms with E-state index in [0.29, 0.717) is 25.9 Å². The summed E-state index contributed by atoms with van der Waals surface area (Å²) in [6, 6.07) is 10.6. The van der Waals surface area contributed by atoms with Gasteiger partial charge in [-0.2, -0.15) is 0 Å². The van der Waals surface area contributed by atoms with E-state index in [1.807, 2.05) is 25.1 Å². The lowest BCUT2D eigenvalue weighted by atomic mass is 9.73. The van der Waals surface area contributed by atoms with E-state index in [1.54, 1.807) is 18.5 Å². The maximum absolute atomic E-state index is 13.6. The Balaban J connectivity index is 1.71. The second-order valence-corrected chi connectivity index (χ2v) is 6.94. The number of hydrogen-bond acceptors (Lipinski definition) is 4. The third kappa shape index (κ3) is 4.47. The first kappa shape index (κ1) is 18.5. The van der Waals surface area contributed by atoms with Gasteiger partial charge >= 0.3 is 5.97 Å². The first-order valence-corrected chi connectivity index (χ1v) is 9.14. The molecule has 0 aliphatic carbocycles. The van der Waals surface area contributed by atoms with Crippen molar-refractivity contribution in [1.82, 2.24) is 9.88 Å². The number of piperidine rings is 1. The number of halogens is 1. The lowest BCUT2D eigenvalue weighted by molar-refractivity contribution is -0.158.